The molecule has 0 radical (unpaired) electrons. The van der Waals surface area contributed by atoms with Gasteiger partial charge < -0.3 is 5.11 Å². The summed E-state index contributed by atoms with van der Waals surface area (Å²) in [7, 11) is -2.73. The Balaban J connectivity index is 1.88. The highest BCUT2D eigenvalue weighted by atomic mass is 32.2. The topological polar surface area (TPSA) is 96.7 Å². The van der Waals surface area contributed by atoms with Crippen molar-refractivity contribution >= 4 is 21.6 Å². The average molecular weight is 382 g/mol. The molecule has 1 aliphatic rings. The van der Waals surface area contributed by atoms with Crippen molar-refractivity contribution in [2.24, 2.45) is 4.36 Å². The monoisotopic (exact) mass is 382 g/mol. The van der Waals surface area contributed by atoms with Crippen molar-refractivity contribution in [2.75, 3.05) is 6.26 Å². The Bertz CT molecular complexity index is 1060. The molecule has 0 spiro atoms. The first-order valence-corrected chi connectivity index (χ1v) is 10.2. The zero-order chi connectivity index (χ0) is 19.4. The number of allylic oxidation sites excluding steroid dienone is 3. The molecule has 1 aromatic carbocycles. The van der Waals surface area contributed by atoms with Crippen molar-refractivity contribution in [1.29, 1.82) is 0 Å². The molecule has 138 valence electrons. The van der Waals surface area contributed by atoms with Crippen LogP contribution in [0, 0.1) is 0 Å². The molecule has 2 aromatic rings. The number of carboxylic acids is 1. The van der Waals surface area contributed by atoms with E-state index in [-0.39, 0.29) is 16.4 Å². The summed E-state index contributed by atoms with van der Waals surface area (Å²) in [6, 6.07) is 7.87. The second-order valence-corrected chi connectivity index (χ2v) is 8.70. The fraction of sp³-hybridized carbons (Fsp3) is 0.150. The lowest BCUT2D eigenvalue weighted by molar-refractivity contribution is 0.0696. The highest BCUT2D eigenvalue weighted by Crippen LogP contribution is 2.21. The summed E-state index contributed by atoms with van der Waals surface area (Å²) in [6.07, 6.45) is 12.4. The molecule has 7 heteroatoms. The van der Waals surface area contributed by atoms with E-state index in [1.807, 2.05) is 12.2 Å². The van der Waals surface area contributed by atoms with Crippen LogP contribution < -0.4 is 0 Å². The third-order valence-electron chi connectivity index (χ3n) is 4.22. The number of hydrogen-bond donors (Lipinski definition) is 1. The van der Waals surface area contributed by atoms with Crippen LogP contribution in [0.1, 0.15) is 27.1 Å². The number of hydrogen-bond acceptors (Lipinski definition) is 4. The molecule has 27 heavy (non-hydrogen) atoms. The van der Waals surface area contributed by atoms with Crippen LogP contribution in [-0.2, 0) is 9.73 Å². The zero-order valence-electron chi connectivity index (χ0n) is 14.6. The molecular weight excluding hydrogens is 364 g/mol. The molecule has 1 aliphatic carbocycles. The molecule has 1 aromatic heterocycles. The largest absolute Gasteiger partial charge is 0.478 e. The Kier molecular flexibility index (Phi) is 5.32. The Hall–Kier alpha value is -3.06. The van der Waals surface area contributed by atoms with Crippen molar-refractivity contribution < 1.29 is 18.9 Å². The summed E-state index contributed by atoms with van der Waals surface area (Å²) in [5.41, 5.74) is 1.78. The van der Waals surface area contributed by atoms with Gasteiger partial charge in [0.1, 0.15) is 0 Å². The molecule has 0 bridgehead atoms. The van der Waals surface area contributed by atoms with Gasteiger partial charge in [-0.1, -0.05) is 36.4 Å². The number of pyridine rings is 1. The maximum atomic E-state index is 12.8. The van der Waals surface area contributed by atoms with Gasteiger partial charge in [-0.15, -0.1) is 0 Å². The van der Waals surface area contributed by atoms with Crippen molar-refractivity contribution in [3.05, 3.63) is 78.2 Å². The Labute approximate surface area is 157 Å². The van der Waals surface area contributed by atoms with Gasteiger partial charge in [-0.05, 0) is 30.2 Å². The third kappa shape index (κ3) is 4.38. The van der Waals surface area contributed by atoms with Crippen molar-refractivity contribution in [3.8, 4) is 11.1 Å². The number of carbonyl (C=O) groups excluding carboxylic acids is 1. The fourth-order valence-corrected chi connectivity index (χ4v) is 4.11. The molecule has 3 rings (SSSR count). The molecule has 0 saturated carbocycles. The lowest BCUT2D eigenvalue weighted by Crippen LogP contribution is -2.19. The summed E-state index contributed by atoms with van der Waals surface area (Å²) in [6.45, 7) is 0. The van der Waals surface area contributed by atoms with Gasteiger partial charge in [-0.2, -0.15) is 4.36 Å². The summed E-state index contributed by atoms with van der Waals surface area (Å²) in [5, 5.41) is 8.67. The van der Waals surface area contributed by atoms with Crippen molar-refractivity contribution in [1.82, 2.24) is 4.98 Å². The van der Waals surface area contributed by atoms with E-state index in [1.165, 1.54) is 24.6 Å². The molecule has 1 N–H and O–H groups in total. The number of carbonyl (C=O) groups is 2. The van der Waals surface area contributed by atoms with E-state index >= 15 is 0 Å². The smallest absolute Gasteiger partial charge is 0.335 e. The molecule has 0 saturated heterocycles. The van der Waals surface area contributed by atoms with Gasteiger partial charge >= 0.3 is 5.97 Å². The quantitative estimate of drug-likeness (QED) is 0.872. The van der Waals surface area contributed by atoms with Crippen LogP contribution >= 0.6 is 0 Å². The summed E-state index contributed by atoms with van der Waals surface area (Å²) < 4.78 is 16.8. The van der Waals surface area contributed by atoms with Gasteiger partial charge in [0.25, 0.3) is 5.91 Å². The number of carboxylic acid groups (broad SMARTS) is 1. The van der Waals surface area contributed by atoms with Crippen molar-refractivity contribution in [3.63, 3.8) is 0 Å². The number of aromatic nitrogens is 1. The Morgan fingerprint density at radius 1 is 1.11 bits per heavy atom. The normalized spacial score (nSPS) is 17.9. The molecule has 6 nitrogen and oxygen atoms in total. The second-order valence-electron chi connectivity index (χ2n) is 6.19. The first-order chi connectivity index (χ1) is 12.9. The van der Waals surface area contributed by atoms with Crippen LogP contribution in [0.2, 0.25) is 0 Å². The molecule has 0 fully saturated rings. The second kappa shape index (κ2) is 7.67. The van der Waals surface area contributed by atoms with Crippen LogP contribution in [0.4, 0.5) is 0 Å². The predicted molar refractivity (Wildman–Crippen MR) is 104 cm³/mol. The summed E-state index contributed by atoms with van der Waals surface area (Å²) in [5.74, 6) is -1.59. The van der Waals surface area contributed by atoms with E-state index in [0.29, 0.717) is 12.0 Å². The standard InChI is InChI=1S/C20H18N2O4S/c1-27(26,18-5-3-2-4-6-18)22-19(23)17-11-16(12-21-13-17)14-7-9-15(10-8-14)20(24)25/h2-5,7-13,18H,6H2,1H3,(H,24,25)/t18?,27-/m0/s1. The SMILES string of the molecule is C[S@@](=O)(=NC(=O)c1cncc(-c2ccc(C(=O)O)cc2)c1)C1C=CC=CC1. The van der Waals surface area contributed by atoms with E-state index < -0.39 is 21.6 Å². The number of aromatic carboxylic acids is 1. The molecular formula is C20H18N2O4S. The maximum absolute atomic E-state index is 12.8. The van der Waals surface area contributed by atoms with E-state index in [4.69, 9.17) is 5.11 Å². The average Bonchev–Trinajstić information content (AvgIpc) is 2.68. The Morgan fingerprint density at radius 2 is 1.85 bits per heavy atom. The minimum atomic E-state index is -2.73. The zero-order valence-corrected chi connectivity index (χ0v) is 15.4. The predicted octanol–water partition coefficient (Wildman–Crippen LogP) is 3.57. The van der Waals surface area contributed by atoms with Gasteiger partial charge in [0, 0.05) is 24.2 Å². The third-order valence-corrected chi connectivity index (χ3v) is 6.22. The molecule has 0 aliphatic heterocycles. The number of amides is 1. The van der Waals surface area contributed by atoms with Crippen molar-refractivity contribution in [2.45, 2.75) is 11.7 Å². The highest BCUT2D eigenvalue weighted by molar-refractivity contribution is 7.94. The van der Waals surface area contributed by atoms with Gasteiger partial charge in [-0.3, -0.25) is 9.78 Å². The van der Waals surface area contributed by atoms with Crippen LogP contribution in [0.5, 0.6) is 0 Å². The van der Waals surface area contributed by atoms with E-state index in [2.05, 4.69) is 9.35 Å². The van der Waals surface area contributed by atoms with Crippen LogP contribution in [0.3, 0.4) is 0 Å². The summed E-state index contributed by atoms with van der Waals surface area (Å²) in [4.78, 5) is 27.5. The maximum Gasteiger partial charge on any atom is 0.335 e. The molecule has 2 atom stereocenters. The molecule has 1 amide bonds. The van der Waals surface area contributed by atoms with Gasteiger partial charge in [0.2, 0.25) is 0 Å². The highest BCUT2D eigenvalue weighted by Gasteiger charge is 2.19. The van der Waals surface area contributed by atoms with Crippen LogP contribution in [0.15, 0.2) is 71.4 Å². The first kappa shape index (κ1) is 18.7. The van der Waals surface area contributed by atoms with Gasteiger partial charge in [0.15, 0.2) is 0 Å². The number of benzene rings is 1. The number of nitrogens with zero attached hydrogens (tertiary/aromatic N) is 2. The van der Waals surface area contributed by atoms with E-state index in [9.17, 15) is 13.8 Å². The fourth-order valence-electron chi connectivity index (χ4n) is 2.69. The lowest BCUT2D eigenvalue weighted by atomic mass is 10.0. The van der Waals surface area contributed by atoms with E-state index in [1.54, 1.807) is 36.5 Å². The summed E-state index contributed by atoms with van der Waals surface area (Å²) >= 11 is 0. The number of rotatable bonds is 4. The van der Waals surface area contributed by atoms with Crippen LogP contribution in [-0.4, -0.2) is 37.7 Å². The lowest BCUT2D eigenvalue weighted by Gasteiger charge is -2.14. The Morgan fingerprint density at radius 3 is 2.48 bits per heavy atom. The van der Waals surface area contributed by atoms with Gasteiger partial charge in [-0.25, -0.2) is 9.00 Å². The minimum absolute atomic E-state index is 0.175. The molecule has 1 unspecified atom stereocenters. The first-order valence-electron chi connectivity index (χ1n) is 8.24. The van der Waals surface area contributed by atoms with Gasteiger partial charge in [0.05, 0.1) is 26.1 Å². The van der Waals surface area contributed by atoms with E-state index in [0.717, 1.165) is 5.56 Å². The minimum Gasteiger partial charge on any atom is -0.478 e. The van der Waals surface area contributed by atoms with Crippen LogP contribution in [0.25, 0.3) is 11.1 Å². The molecule has 1 heterocycles.